The maximum atomic E-state index is 11.1. The van der Waals surface area contributed by atoms with Gasteiger partial charge in [-0.1, -0.05) is 30.3 Å². The number of nitrogens with one attached hydrogen (secondary N) is 1. The molecule has 0 radical (unpaired) electrons. The lowest BCUT2D eigenvalue weighted by Crippen LogP contribution is -2.28. The van der Waals surface area contributed by atoms with Crippen LogP contribution in [-0.2, 0) is 14.3 Å². The molecule has 16 heavy (non-hydrogen) atoms. The normalized spacial score (nSPS) is 10.1. The van der Waals surface area contributed by atoms with Gasteiger partial charge in [0.15, 0.2) is 0 Å². The summed E-state index contributed by atoms with van der Waals surface area (Å²) in [6.45, 7) is 1.83. The first kappa shape index (κ1) is 12.0. The van der Waals surface area contributed by atoms with Crippen molar-refractivity contribution in [3.05, 3.63) is 42.1 Å². The van der Waals surface area contributed by atoms with Crippen LogP contribution in [0.15, 0.2) is 36.5 Å². The molecule has 0 aliphatic rings. The highest BCUT2D eigenvalue weighted by molar-refractivity contribution is 6.32. The summed E-state index contributed by atoms with van der Waals surface area (Å²) in [6.07, 6.45) is 3.10. The first-order chi connectivity index (χ1) is 7.74. The van der Waals surface area contributed by atoms with Crippen LogP contribution in [0.4, 0.5) is 0 Å². The van der Waals surface area contributed by atoms with Gasteiger partial charge in [-0.05, 0) is 18.6 Å². The summed E-state index contributed by atoms with van der Waals surface area (Å²) in [7, 11) is 0. The van der Waals surface area contributed by atoms with Gasteiger partial charge in [-0.15, -0.1) is 0 Å². The van der Waals surface area contributed by atoms with E-state index in [-0.39, 0.29) is 6.61 Å². The monoisotopic (exact) mass is 219 g/mol. The van der Waals surface area contributed by atoms with Crippen molar-refractivity contribution in [2.24, 2.45) is 0 Å². The van der Waals surface area contributed by atoms with E-state index in [0.29, 0.717) is 0 Å². The zero-order chi connectivity index (χ0) is 11.8. The topological polar surface area (TPSA) is 55.4 Å². The van der Waals surface area contributed by atoms with E-state index < -0.39 is 11.9 Å². The predicted molar refractivity (Wildman–Crippen MR) is 60.3 cm³/mol. The predicted octanol–water partition coefficient (Wildman–Crippen LogP) is 1.34. The van der Waals surface area contributed by atoms with E-state index in [1.165, 1.54) is 6.20 Å². The minimum Gasteiger partial charge on any atom is -0.459 e. The molecular weight excluding hydrogens is 206 g/mol. The second-order valence-corrected chi connectivity index (χ2v) is 2.94. The molecule has 1 aromatic rings. The molecule has 0 spiro atoms. The third-order valence-corrected chi connectivity index (χ3v) is 1.75. The van der Waals surface area contributed by atoms with Crippen LogP contribution >= 0.6 is 0 Å². The molecular formula is C12H13NO3. The largest absolute Gasteiger partial charge is 0.459 e. The van der Waals surface area contributed by atoms with Gasteiger partial charge in [0.05, 0.1) is 6.61 Å². The van der Waals surface area contributed by atoms with E-state index in [9.17, 15) is 9.59 Å². The maximum absolute atomic E-state index is 11.1. The lowest BCUT2D eigenvalue weighted by atomic mass is 10.2. The van der Waals surface area contributed by atoms with Crippen LogP contribution in [0.2, 0.25) is 0 Å². The second kappa shape index (κ2) is 6.40. The number of hydrogen-bond acceptors (Lipinski definition) is 3. The maximum Gasteiger partial charge on any atom is 0.397 e. The number of rotatable bonds is 3. The number of esters is 1. The first-order valence-corrected chi connectivity index (χ1v) is 4.93. The Morgan fingerprint density at radius 3 is 2.62 bits per heavy atom. The summed E-state index contributed by atoms with van der Waals surface area (Å²) in [5.74, 6) is -1.64. The third-order valence-electron chi connectivity index (χ3n) is 1.75. The van der Waals surface area contributed by atoms with Gasteiger partial charge in [-0.25, -0.2) is 4.79 Å². The molecule has 1 aromatic carbocycles. The fraction of sp³-hybridized carbons (Fsp3) is 0.167. The van der Waals surface area contributed by atoms with E-state index in [2.05, 4.69) is 10.1 Å². The summed E-state index contributed by atoms with van der Waals surface area (Å²) >= 11 is 0. The Morgan fingerprint density at radius 2 is 2.00 bits per heavy atom. The first-order valence-electron chi connectivity index (χ1n) is 4.93. The van der Waals surface area contributed by atoms with Crippen molar-refractivity contribution in [1.82, 2.24) is 5.32 Å². The number of amides is 1. The van der Waals surface area contributed by atoms with E-state index in [0.717, 1.165) is 5.56 Å². The fourth-order valence-corrected chi connectivity index (χ4v) is 1.03. The molecule has 0 aliphatic heterocycles. The van der Waals surface area contributed by atoms with E-state index >= 15 is 0 Å². The average Bonchev–Trinajstić information content (AvgIpc) is 2.30. The molecule has 1 N–H and O–H groups in total. The molecule has 0 saturated carbocycles. The molecule has 0 heterocycles. The Kier molecular flexibility index (Phi) is 4.79. The summed E-state index contributed by atoms with van der Waals surface area (Å²) in [5.41, 5.74) is 0.937. The fourth-order valence-electron chi connectivity index (χ4n) is 1.03. The van der Waals surface area contributed by atoms with Crippen LogP contribution in [0, 0.1) is 0 Å². The SMILES string of the molecule is CCOC(=O)C(=O)N/C=C\c1ccccc1. The molecule has 84 valence electrons. The van der Waals surface area contributed by atoms with Crippen LogP contribution in [0.3, 0.4) is 0 Å². The molecule has 1 amide bonds. The van der Waals surface area contributed by atoms with Gasteiger partial charge in [0.25, 0.3) is 0 Å². The number of benzene rings is 1. The Balaban J connectivity index is 2.43. The molecule has 4 nitrogen and oxygen atoms in total. The summed E-state index contributed by atoms with van der Waals surface area (Å²) in [5, 5.41) is 2.32. The van der Waals surface area contributed by atoms with E-state index in [1.54, 1.807) is 13.0 Å². The lowest BCUT2D eigenvalue weighted by molar-refractivity contribution is -0.154. The summed E-state index contributed by atoms with van der Waals surface area (Å²) in [4.78, 5) is 22.0. The third kappa shape index (κ3) is 3.96. The van der Waals surface area contributed by atoms with Gasteiger partial charge in [0.2, 0.25) is 0 Å². The highest BCUT2D eigenvalue weighted by Gasteiger charge is 2.11. The van der Waals surface area contributed by atoms with Crippen molar-refractivity contribution in [3.63, 3.8) is 0 Å². The number of ether oxygens (including phenoxy) is 1. The smallest absolute Gasteiger partial charge is 0.397 e. The van der Waals surface area contributed by atoms with Crippen LogP contribution in [0.5, 0.6) is 0 Å². The highest BCUT2D eigenvalue weighted by Crippen LogP contribution is 1.99. The molecule has 0 fully saturated rings. The summed E-state index contributed by atoms with van der Waals surface area (Å²) in [6, 6.07) is 9.42. The van der Waals surface area contributed by atoms with Gasteiger partial charge in [0, 0.05) is 6.20 Å². The highest BCUT2D eigenvalue weighted by atomic mass is 16.5. The molecule has 0 unspecified atom stereocenters. The van der Waals surface area contributed by atoms with Gasteiger partial charge in [-0.3, -0.25) is 4.79 Å². The number of hydrogen-bond donors (Lipinski definition) is 1. The van der Waals surface area contributed by atoms with Crippen molar-refractivity contribution < 1.29 is 14.3 Å². The van der Waals surface area contributed by atoms with Crippen molar-refractivity contribution in [3.8, 4) is 0 Å². The quantitative estimate of drug-likeness (QED) is 0.616. The molecule has 4 heteroatoms. The molecule has 0 saturated heterocycles. The Morgan fingerprint density at radius 1 is 1.31 bits per heavy atom. The van der Waals surface area contributed by atoms with Crippen molar-refractivity contribution >= 4 is 18.0 Å². The molecule has 1 rings (SSSR count). The summed E-state index contributed by atoms with van der Waals surface area (Å²) < 4.78 is 4.52. The zero-order valence-corrected chi connectivity index (χ0v) is 8.97. The minimum atomic E-state index is -0.875. The minimum absolute atomic E-state index is 0.189. The molecule has 0 aromatic heterocycles. The number of carbonyl (C=O) groups is 2. The second-order valence-electron chi connectivity index (χ2n) is 2.94. The number of carbonyl (C=O) groups excluding carboxylic acids is 2. The lowest BCUT2D eigenvalue weighted by Gasteiger charge is -1.99. The molecule has 0 bridgehead atoms. The average molecular weight is 219 g/mol. The van der Waals surface area contributed by atoms with Crippen molar-refractivity contribution in [2.45, 2.75) is 6.92 Å². The van der Waals surface area contributed by atoms with Crippen LogP contribution < -0.4 is 5.32 Å². The van der Waals surface area contributed by atoms with Crippen LogP contribution in [0.25, 0.3) is 6.08 Å². The van der Waals surface area contributed by atoms with Gasteiger partial charge in [0.1, 0.15) is 0 Å². The van der Waals surface area contributed by atoms with Crippen molar-refractivity contribution in [2.75, 3.05) is 6.61 Å². The van der Waals surface area contributed by atoms with Crippen molar-refractivity contribution in [1.29, 1.82) is 0 Å². The zero-order valence-electron chi connectivity index (χ0n) is 8.97. The van der Waals surface area contributed by atoms with E-state index in [1.807, 2.05) is 30.3 Å². The Labute approximate surface area is 93.9 Å². The van der Waals surface area contributed by atoms with Crippen LogP contribution in [-0.4, -0.2) is 18.5 Å². The van der Waals surface area contributed by atoms with E-state index in [4.69, 9.17) is 0 Å². The van der Waals surface area contributed by atoms with Gasteiger partial charge < -0.3 is 10.1 Å². The van der Waals surface area contributed by atoms with Gasteiger partial charge in [-0.2, -0.15) is 0 Å². The molecule has 0 aliphatic carbocycles. The molecule has 0 atom stereocenters. The van der Waals surface area contributed by atoms with Crippen LogP contribution in [0.1, 0.15) is 12.5 Å². The Bertz CT molecular complexity index is 385. The Hall–Kier alpha value is -2.10. The van der Waals surface area contributed by atoms with Gasteiger partial charge >= 0.3 is 11.9 Å². The standard InChI is InChI=1S/C12H13NO3/c1-2-16-12(15)11(14)13-9-8-10-6-4-3-5-7-10/h3-9H,2H2,1H3,(H,13,14)/b9-8-.